The molecule has 0 aliphatic rings. The van der Waals surface area contributed by atoms with E-state index < -0.39 is 0 Å². The molecular formula is C18H39N. The van der Waals surface area contributed by atoms with Gasteiger partial charge in [-0.3, -0.25) is 0 Å². The molecule has 0 spiro atoms. The van der Waals surface area contributed by atoms with Gasteiger partial charge in [-0.15, -0.1) is 0 Å². The van der Waals surface area contributed by atoms with Gasteiger partial charge in [0.1, 0.15) is 0 Å². The van der Waals surface area contributed by atoms with Gasteiger partial charge in [-0.25, -0.2) is 0 Å². The molecule has 1 nitrogen and oxygen atoms in total. The Bertz CT molecular complexity index is 212. The number of hydrogen-bond donors (Lipinski definition) is 1. The third-order valence-electron chi connectivity index (χ3n) is 5.30. The standard InChI is InChI=1S/C18H39N/c1-8-10-11-17(18(19)14(5)9-2)16(7)12-15(6)13(3)4/h13-18H,8-12,19H2,1-7H3. The second kappa shape index (κ2) is 9.80. The van der Waals surface area contributed by atoms with Crippen molar-refractivity contribution in [2.45, 2.75) is 86.6 Å². The van der Waals surface area contributed by atoms with Gasteiger partial charge in [-0.2, -0.15) is 0 Å². The fraction of sp³-hybridized carbons (Fsp3) is 1.00. The van der Waals surface area contributed by atoms with Crippen LogP contribution < -0.4 is 5.73 Å². The van der Waals surface area contributed by atoms with Gasteiger partial charge in [-0.05, 0) is 42.4 Å². The van der Waals surface area contributed by atoms with Crippen molar-refractivity contribution in [1.29, 1.82) is 0 Å². The lowest BCUT2D eigenvalue weighted by Gasteiger charge is -2.35. The minimum Gasteiger partial charge on any atom is -0.327 e. The van der Waals surface area contributed by atoms with Gasteiger partial charge in [-0.1, -0.05) is 67.7 Å². The molecule has 0 saturated carbocycles. The molecule has 0 aromatic carbocycles. The van der Waals surface area contributed by atoms with Crippen molar-refractivity contribution in [3.63, 3.8) is 0 Å². The average Bonchev–Trinajstić information content (AvgIpc) is 2.37. The molecule has 19 heavy (non-hydrogen) atoms. The lowest BCUT2D eigenvalue weighted by Crippen LogP contribution is -2.40. The molecule has 116 valence electrons. The van der Waals surface area contributed by atoms with Crippen molar-refractivity contribution >= 4 is 0 Å². The Hall–Kier alpha value is -0.0400. The van der Waals surface area contributed by atoms with E-state index in [1.165, 1.54) is 32.1 Å². The molecule has 0 aliphatic carbocycles. The van der Waals surface area contributed by atoms with E-state index in [4.69, 9.17) is 5.73 Å². The van der Waals surface area contributed by atoms with Crippen molar-refractivity contribution in [3.05, 3.63) is 0 Å². The Kier molecular flexibility index (Phi) is 9.78. The summed E-state index contributed by atoms with van der Waals surface area (Å²) in [6.07, 6.45) is 6.46. The first kappa shape index (κ1) is 19.0. The van der Waals surface area contributed by atoms with E-state index in [-0.39, 0.29) is 0 Å². The molecule has 0 aromatic heterocycles. The minimum absolute atomic E-state index is 0.380. The third-order valence-corrected chi connectivity index (χ3v) is 5.30. The normalized spacial score (nSPS) is 20.1. The van der Waals surface area contributed by atoms with Crippen LogP contribution in [0.25, 0.3) is 0 Å². The van der Waals surface area contributed by atoms with Crippen molar-refractivity contribution in [2.24, 2.45) is 35.3 Å². The molecule has 0 saturated heterocycles. The van der Waals surface area contributed by atoms with E-state index in [0.29, 0.717) is 17.9 Å². The van der Waals surface area contributed by atoms with E-state index in [0.717, 1.165) is 17.8 Å². The van der Waals surface area contributed by atoms with E-state index in [9.17, 15) is 0 Å². The van der Waals surface area contributed by atoms with Crippen LogP contribution in [0.3, 0.4) is 0 Å². The summed E-state index contributed by atoms with van der Waals surface area (Å²) in [5.74, 6) is 3.71. The van der Waals surface area contributed by atoms with Crippen LogP contribution in [-0.2, 0) is 0 Å². The Balaban J connectivity index is 4.63. The molecule has 5 unspecified atom stereocenters. The fourth-order valence-electron chi connectivity index (χ4n) is 3.02. The maximum Gasteiger partial charge on any atom is 0.00954 e. The quantitative estimate of drug-likeness (QED) is 0.558. The molecule has 0 bridgehead atoms. The predicted octanol–water partition coefficient (Wildman–Crippen LogP) is 5.48. The zero-order chi connectivity index (χ0) is 15.0. The number of unbranched alkanes of at least 4 members (excludes halogenated alkanes) is 1. The van der Waals surface area contributed by atoms with Gasteiger partial charge in [0.15, 0.2) is 0 Å². The number of nitrogens with two attached hydrogens (primary N) is 1. The summed E-state index contributed by atoms with van der Waals surface area (Å²) in [5.41, 5.74) is 6.57. The summed E-state index contributed by atoms with van der Waals surface area (Å²) in [6.45, 7) is 16.4. The van der Waals surface area contributed by atoms with E-state index in [2.05, 4.69) is 48.5 Å². The van der Waals surface area contributed by atoms with Gasteiger partial charge >= 0.3 is 0 Å². The van der Waals surface area contributed by atoms with Gasteiger partial charge in [0.05, 0.1) is 0 Å². The Labute approximate surface area is 122 Å². The molecule has 2 N–H and O–H groups in total. The summed E-state index contributed by atoms with van der Waals surface area (Å²) in [6, 6.07) is 0.380. The summed E-state index contributed by atoms with van der Waals surface area (Å²) in [7, 11) is 0. The average molecular weight is 270 g/mol. The zero-order valence-electron chi connectivity index (χ0n) is 14.6. The number of rotatable bonds is 10. The monoisotopic (exact) mass is 269 g/mol. The first-order valence-electron chi connectivity index (χ1n) is 8.60. The molecule has 0 radical (unpaired) electrons. The largest absolute Gasteiger partial charge is 0.327 e. The Morgan fingerprint density at radius 3 is 1.84 bits per heavy atom. The summed E-state index contributed by atoms with van der Waals surface area (Å²) in [4.78, 5) is 0. The molecule has 0 aliphatic heterocycles. The lowest BCUT2D eigenvalue weighted by molar-refractivity contribution is 0.186. The highest BCUT2D eigenvalue weighted by Gasteiger charge is 2.28. The first-order valence-corrected chi connectivity index (χ1v) is 8.60. The molecule has 0 fully saturated rings. The van der Waals surface area contributed by atoms with Gasteiger partial charge < -0.3 is 5.73 Å². The predicted molar refractivity (Wildman–Crippen MR) is 88.2 cm³/mol. The molecule has 0 heterocycles. The van der Waals surface area contributed by atoms with Crippen LogP contribution in [0.5, 0.6) is 0 Å². The maximum absolute atomic E-state index is 6.57. The SMILES string of the molecule is CCCCC(C(C)CC(C)C(C)C)C(N)C(C)CC. The Morgan fingerprint density at radius 2 is 1.42 bits per heavy atom. The van der Waals surface area contributed by atoms with Crippen LogP contribution in [0.2, 0.25) is 0 Å². The minimum atomic E-state index is 0.380. The van der Waals surface area contributed by atoms with Crippen molar-refractivity contribution < 1.29 is 0 Å². The highest BCUT2D eigenvalue weighted by Crippen LogP contribution is 2.32. The van der Waals surface area contributed by atoms with E-state index in [1.54, 1.807) is 0 Å². The molecule has 5 atom stereocenters. The summed E-state index contributed by atoms with van der Waals surface area (Å²) < 4.78 is 0. The highest BCUT2D eigenvalue weighted by atomic mass is 14.7. The number of hydrogen-bond acceptors (Lipinski definition) is 1. The third kappa shape index (κ3) is 6.79. The smallest absolute Gasteiger partial charge is 0.00954 e. The summed E-state index contributed by atoms with van der Waals surface area (Å²) in [5, 5.41) is 0. The van der Waals surface area contributed by atoms with Crippen LogP contribution in [0.1, 0.15) is 80.6 Å². The highest BCUT2D eigenvalue weighted by molar-refractivity contribution is 4.82. The fourth-order valence-corrected chi connectivity index (χ4v) is 3.02. The van der Waals surface area contributed by atoms with Crippen LogP contribution in [0.4, 0.5) is 0 Å². The van der Waals surface area contributed by atoms with Crippen molar-refractivity contribution in [3.8, 4) is 0 Å². The molecule has 0 rings (SSSR count). The van der Waals surface area contributed by atoms with E-state index in [1.807, 2.05) is 0 Å². The second-order valence-electron chi connectivity index (χ2n) is 7.20. The van der Waals surface area contributed by atoms with Crippen LogP contribution in [0, 0.1) is 29.6 Å². The van der Waals surface area contributed by atoms with Crippen LogP contribution >= 0.6 is 0 Å². The van der Waals surface area contributed by atoms with Crippen molar-refractivity contribution in [2.75, 3.05) is 0 Å². The van der Waals surface area contributed by atoms with Gasteiger partial charge in [0.25, 0.3) is 0 Å². The molecule has 0 amide bonds. The van der Waals surface area contributed by atoms with Crippen molar-refractivity contribution in [1.82, 2.24) is 0 Å². The Morgan fingerprint density at radius 1 is 0.842 bits per heavy atom. The van der Waals surface area contributed by atoms with Crippen LogP contribution in [-0.4, -0.2) is 6.04 Å². The first-order chi connectivity index (χ1) is 8.84. The van der Waals surface area contributed by atoms with Crippen LogP contribution in [0.15, 0.2) is 0 Å². The molecule has 0 aromatic rings. The zero-order valence-corrected chi connectivity index (χ0v) is 14.6. The van der Waals surface area contributed by atoms with Gasteiger partial charge in [0, 0.05) is 6.04 Å². The molecular weight excluding hydrogens is 230 g/mol. The van der Waals surface area contributed by atoms with E-state index >= 15 is 0 Å². The maximum atomic E-state index is 6.57. The molecule has 1 heteroatoms. The second-order valence-corrected chi connectivity index (χ2v) is 7.20. The van der Waals surface area contributed by atoms with Gasteiger partial charge in [0.2, 0.25) is 0 Å². The topological polar surface area (TPSA) is 26.0 Å². The lowest BCUT2D eigenvalue weighted by atomic mass is 9.74. The summed E-state index contributed by atoms with van der Waals surface area (Å²) >= 11 is 0.